The lowest BCUT2D eigenvalue weighted by Crippen LogP contribution is -2.25. The lowest BCUT2D eigenvalue weighted by Gasteiger charge is -2.09. The van der Waals surface area contributed by atoms with Gasteiger partial charge in [-0.15, -0.1) is 0 Å². The Kier molecular flexibility index (Phi) is 5.10. The summed E-state index contributed by atoms with van der Waals surface area (Å²) in [7, 11) is 1.38. The van der Waals surface area contributed by atoms with Gasteiger partial charge in [-0.25, -0.2) is 4.39 Å². The van der Waals surface area contributed by atoms with Gasteiger partial charge in [-0.3, -0.25) is 4.79 Å². The second-order valence-corrected chi connectivity index (χ2v) is 4.10. The quantitative estimate of drug-likeness (QED) is 0.775. The fourth-order valence-corrected chi connectivity index (χ4v) is 1.49. The Morgan fingerprint density at radius 3 is 2.76 bits per heavy atom. The molecule has 17 heavy (non-hydrogen) atoms. The smallest absolute Gasteiger partial charge is 0.175 e. The van der Waals surface area contributed by atoms with E-state index in [1.54, 1.807) is 6.07 Å². The number of hydrogen-bond acceptors (Lipinski definition) is 3. The van der Waals surface area contributed by atoms with Crippen molar-refractivity contribution in [2.75, 3.05) is 13.7 Å². The van der Waals surface area contributed by atoms with Gasteiger partial charge in [-0.05, 0) is 12.1 Å². The molecule has 0 bridgehead atoms. The fraction of sp³-hybridized carbons (Fsp3) is 0.462. The van der Waals surface area contributed by atoms with Crippen LogP contribution in [0.15, 0.2) is 18.2 Å². The molecule has 0 aliphatic rings. The van der Waals surface area contributed by atoms with E-state index in [1.165, 1.54) is 19.2 Å². The van der Waals surface area contributed by atoms with Gasteiger partial charge < -0.3 is 10.1 Å². The maximum absolute atomic E-state index is 13.7. The lowest BCUT2D eigenvalue weighted by atomic mass is 10.1. The number of ketones is 1. The third-order valence-corrected chi connectivity index (χ3v) is 2.39. The van der Waals surface area contributed by atoms with E-state index in [1.807, 2.05) is 13.8 Å². The van der Waals surface area contributed by atoms with E-state index in [0.717, 1.165) is 0 Å². The standard InChI is InChI=1S/C13H18FNO2/c1-9(2)15-8-7-11(16)10-5-4-6-12(17-3)13(10)14/h4-6,9,15H,7-8H2,1-3H3. The first-order chi connectivity index (χ1) is 8.06. The summed E-state index contributed by atoms with van der Waals surface area (Å²) in [6, 6.07) is 4.91. The third kappa shape index (κ3) is 3.82. The number of hydrogen-bond donors (Lipinski definition) is 1. The molecule has 0 aliphatic carbocycles. The molecule has 94 valence electrons. The third-order valence-electron chi connectivity index (χ3n) is 2.39. The summed E-state index contributed by atoms with van der Waals surface area (Å²) < 4.78 is 18.6. The predicted octanol–water partition coefficient (Wildman–Crippen LogP) is 2.41. The van der Waals surface area contributed by atoms with E-state index in [-0.39, 0.29) is 23.5 Å². The van der Waals surface area contributed by atoms with Gasteiger partial charge in [0.15, 0.2) is 17.3 Å². The molecular weight excluding hydrogens is 221 g/mol. The highest BCUT2D eigenvalue weighted by Crippen LogP contribution is 2.20. The number of benzene rings is 1. The van der Waals surface area contributed by atoms with Gasteiger partial charge in [-0.2, -0.15) is 0 Å². The van der Waals surface area contributed by atoms with Crippen LogP contribution in [-0.2, 0) is 0 Å². The van der Waals surface area contributed by atoms with E-state index in [9.17, 15) is 9.18 Å². The monoisotopic (exact) mass is 239 g/mol. The minimum absolute atomic E-state index is 0.0925. The summed E-state index contributed by atoms with van der Waals surface area (Å²) in [6.07, 6.45) is 0.280. The molecule has 0 unspecified atom stereocenters. The zero-order valence-electron chi connectivity index (χ0n) is 10.4. The Bertz CT molecular complexity index is 391. The lowest BCUT2D eigenvalue weighted by molar-refractivity contribution is 0.0977. The molecule has 0 aliphatic heterocycles. The summed E-state index contributed by atoms with van der Waals surface area (Å²) >= 11 is 0. The van der Waals surface area contributed by atoms with Crippen molar-refractivity contribution in [2.45, 2.75) is 26.3 Å². The van der Waals surface area contributed by atoms with Gasteiger partial charge in [-0.1, -0.05) is 19.9 Å². The molecule has 0 saturated carbocycles. The Hall–Kier alpha value is -1.42. The summed E-state index contributed by atoms with van der Waals surface area (Å²) in [5.41, 5.74) is 0.0925. The van der Waals surface area contributed by atoms with Gasteiger partial charge >= 0.3 is 0 Å². The minimum atomic E-state index is -0.579. The largest absolute Gasteiger partial charge is 0.494 e. The zero-order valence-corrected chi connectivity index (χ0v) is 10.4. The maximum atomic E-state index is 13.7. The molecule has 0 heterocycles. The summed E-state index contributed by atoms with van der Waals surface area (Å²) in [6.45, 7) is 4.54. The number of carbonyl (C=O) groups excluding carboxylic acids is 1. The van der Waals surface area contributed by atoms with Crippen LogP contribution in [0.3, 0.4) is 0 Å². The zero-order chi connectivity index (χ0) is 12.8. The second-order valence-electron chi connectivity index (χ2n) is 4.10. The maximum Gasteiger partial charge on any atom is 0.175 e. The number of Topliss-reactive ketones (excluding diaryl/α,β-unsaturated/α-hetero) is 1. The summed E-state index contributed by atoms with van der Waals surface area (Å²) in [5, 5.41) is 3.12. The van der Waals surface area contributed by atoms with Crippen molar-refractivity contribution in [3.8, 4) is 5.75 Å². The van der Waals surface area contributed by atoms with Crippen LogP contribution in [0.1, 0.15) is 30.6 Å². The normalized spacial score (nSPS) is 10.6. The van der Waals surface area contributed by atoms with Crippen LogP contribution < -0.4 is 10.1 Å². The van der Waals surface area contributed by atoms with Crippen molar-refractivity contribution in [2.24, 2.45) is 0 Å². The van der Waals surface area contributed by atoms with Crippen molar-refractivity contribution in [1.29, 1.82) is 0 Å². The Labute approximate surface area is 101 Å². The number of nitrogens with one attached hydrogen (secondary N) is 1. The topological polar surface area (TPSA) is 38.3 Å². The van der Waals surface area contributed by atoms with Crippen molar-refractivity contribution in [1.82, 2.24) is 5.32 Å². The van der Waals surface area contributed by atoms with Gasteiger partial charge in [0.05, 0.1) is 12.7 Å². The first kappa shape index (κ1) is 13.6. The van der Waals surface area contributed by atoms with Crippen molar-refractivity contribution in [3.63, 3.8) is 0 Å². The minimum Gasteiger partial charge on any atom is -0.494 e. The van der Waals surface area contributed by atoms with Crippen LogP contribution in [0, 0.1) is 5.82 Å². The van der Waals surface area contributed by atoms with Crippen LogP contribution in [0.4, 0.5) is 4.39 Å². The number of carbonyl (C=O) groups is 1. The molecule has 0 aromatic heterocycles. The van der Waals surface area contributed by atoms with Gasteiger partial charge in [0.25, 0.3) is 0 Å². The molecule has 1 N–H and O–H groups in total. The van der Waals surface area contributed by atoms with E-state index < -0.39 is 5.82 Å². The van der Waals surface area contributed by atoms with E-state index in [4.69, 9.17) is 4.74 Å². The number of halogens is 1. The van der Waals surface area contributed by atoms with Gasteiger partial charge in [0.1, 0.15) is 0 Å². The van der Waals surface area contributed by atoms with Gasteiger partial charge in [0, 0.05) is 19.0 Å². The first-order valence-electron chi connectivity index (χ1n) is 5.65. The Morgan fingerprint density at radius 1 is 1.47 bits per heavy atom. The highest BCUT2D eigenvalue weighted by Gasteiger charge is 2.14. The van der Waals surface area contributed by atoms with Crippen molar-refractivity contribution < 1.29 is 13.9 Å². The summed E-state index contributed by atoms with van der Waals surface area (Å²) in [4.78, 5) is 11.8. The molecule has 0 amide bonds. The molecule has 0 atom stereocenters. The number of ether oxygens (including phenoxy) is 1. The molecule has 0 radical (unpaired) electrons. The van der Waals surface area contributed by atoms with E-state index in [0.29, 0.717) is 12.6 Å². The molecule has 1 aromatic rings. The molecule has 0 saturated heterocycles. The van der Waals surface area contributed by atoms with Crippen molar-refractivity contribution >= 4 is 5.78 Å². The van der Waals surface area contributed by atoms with Crippen LogP contribution in [0.25, 0.3) is 0 Å². The second kappa shape index (κ2) is 6.35. The van der Waals surface area contributed by atoms with E-state index >= 15 is 0 Å². The van der Waals surface area contributed by atoms with Gasteiger partial charge in [0.2, 0.25) is 0 Å². The average Bonchev–Trinajstić information content (AvgIpc) is 2.28. The Morgan fingerprint density at radius 2 is 2.18 bits per heavy atom. The molecular formula is C13H18FNO2. The highest BCUT2D eigenvalue weighted by molar-refractivity contribution is 5.96. The molecule has 0 spiro atoms. The fourth-order valence-electron chi connectivity index (χ4n) is 1.49. The summed E-state index contributed by atoms with van der Waals surface area (Å²) in [5.74, 6) is -0.688. The molecule has 4 heteroatoms. The van der Waals surface area contributed by atoms with Crippen LogP contribution in [0.5, 0.6) is 5.75 Å². The number of rotatable bonds is 6. The SMILES string of the molecule is COc1cccc(C(=O)CCNC(C)C)c1F. The molecule has 1 rings (SSSR count). The van der Waals surface area contributed by atoms with Crippen LogP contribution in [0.2, 0.25) is 0 Å². The number of methoxy groups -OCH3 is 1. The average molecular weight is 239 g/mol. The predicted molar refractivity (Wildman–Crippen MR) is 65.0 cm³/mol. The molecule has 0 fully saturated rings. The van der Waals surface area contributed by atoms with E-state index in [2.05, 4.69) is 5.32 Å². The Balaban J connectivity index is 2.69. The van der Waals surface area contributed by atoms with Crippen molar-refractivity contribution in [3.05, 3.63) is 29.6 Å². The van der Waals surface area contributed by atoms with Crippen LogP contribution in [-0.4, -0.2) is 25.5 Å². The van der Waals surface area contributed by atoms with Crippen LogP contribution >= 0.6 is 0 Å². The molecule has 3 nitrogen and oxygen atoms in total. The molecule has 1 aromatic carbocycles. The first-order valence-corrected chi connectivity index (χ1v) is 5.65. The highest BCUT2D eigenvalue weighted by atomic mass is 19.1.